The number of hydrogen-bond acceptors (Lipinski definition) is 6. The Balaban J connectivity index is 1.52. The van der Waals surface area contributed by atoms with Gasteiger partial charge in [-0.25, -0.2) is 4.68 Å². The van der Waals surface area contributed by atoms with Crippen LogP contribution in [0.5, 0.6) is 0 Å². The molecule has 1 N–H and O–H groups in total. The first-order chi connectivity index (χ1) is 17.7. The average molecular weight is 518 g/mol. The summed E-state index contributed by atoms with van der Waals surface area (Å²) in [4.78, 5) is 14.5. The molecule has 1 aromatic heterocycles. The fraction of sp³-hybridized carbons (Fsp3) is 0.774. The van der Waals surface area contributed by atoms with Gasteiger partial charge in [-0.1, -0.05) is 54.0 Å². The third-order valence-corrected chi connectivity index (χ3v) is 12.9. The van der Waals surface area contributed by atoms with Crippen LogP contribution in [0.3, 0.4) is 0 Å². The van der Waals surface area contributed by atoms with E-state index in [-0.39, 0.29) is 56.5 Å². The summed E-state index contributed by atoms with van der Waals surface area (Å²) < 4.78 is 2.00. The normalized spacial score (nSPS) is 45.2. The minimum absolute atomic E-state index is 0.0927. The van der Waals surface area contributed by atoms with Crippen molar-refractivity contribution >= 4 is 5.78 Å². The van der Waals surface area contributed by atoms with Crippen LogP contribution in [0.25, 0.3) is 0 Å². The van der Waals surface area contributed by atoms with Crippen molar-refractivity contribution in [3.8, 4) is 6.07 Å². The number of nitrogens with zero attached hydrogens (tertiary/aromatic N) is 5. The molecule has 0 aliphatic heterocycles. The van der Waals surface area contributed by atoms with Gasteiger partial charge in [0, 0.05) is 11.3 Å². The Morgan fingerprint density at radius 1 is 1.05 bits per heavy atom. The summed E-state index contributed by atoms with van der Waals surface area (Å²) >= 11 is 0. The summed E-state index contributed by atoms with van der Waals surface area (Å²) in [6.07, 6.45) is 11.3. The van der Waals surface area contributed by atoms with Crippen LogP contribution in [0.1, 0.15) is 99.8 Å². The lowest BCUT2D eigenvalue weighted by molar-refractivity contribution is -0.170. The van der Waals surface area contributed by atoms with Gasteiger partial charge in [0.1, 0.15) is 12.1 Å². The first kappa shape index (κ1) is 25.8. The van der Waals surface area contributed by atoms with Gasteiger partial charge >= 0.3 is 0 Å². The molecule has 0 radical (unpaired) electrons. The molecule has 204 valence electrons. The van der Waals surface area contributed by atoms with Gasteiger partial charge in [-0.05, 0) is 101 Å². The molecular formula is C31H43N5O2. The Bertz CT molecular complexity index is 1300. The van der Waals surface area contributed by atoms with Crippen LogP contribution < -0.4 is 0 Å². The van der Waals surface area contributed by atoms with Gasteiger partial charge in [-0.15, -0.1) is 5.10 Å². The number of allylic oxidation sites excluding steroid dienone is 4. The highest BCUT2D eigenvalue weighted by molar-refractivity contribution is 5.95. The number of carbonyl (C=O) groups is 1. The van der Waals surface area contributed by atoms with E-state index >= 15 is 0 Å². The van der Waals surface area contributed by atoms with Crippen LogP contribution in [-0.2, 0) is 10.3 Å². The molecular weight excluding hydrogens is 474 g/mol. The molecule has 1 aromatic rings. The number of aliphatic hydroxyl groups excluding tert-OH is 1. The van der Waals surface area contributed by atoms with Crippen LogP contribution >= 0.6 is 0 Å². The van der Waals surface area contributed by atoms with Crippen molar-refractivity contribution in [1.82, 2.24) is 20.2 Å². The maximum atomic E-state index is 14.5. The van der Waals surface area contributed by atoms with Crippen molar-refractivity contribution < 1.29 is 9.90 Å². The molecule has 7 heteroatoms. The van der Waals surface area contributed by atoms with Crippen molar-refractivity contribution in [2.24, 2.45) is 44.8 Å². The van der Waals surface area contributed by atoms with Crippen LogP contribution in [0.4, 0.5) is 0 Å². The number of carbonyl (C=O) groups excluding carboxylic acids is 1. The minimum Gasteiger partial charge on any atom is -0.511 e. The standard InChI is InChI=1S/C31H43N5O2/c1-26(2)10-12-31(36-18-33-34-35-36)13-11-30(7)24(20(31)16-26)21(37)14-23-28(5)15-19(17-32)25(38)27(3,4)22(28)8-9-29(23,30)6/h14,18,20,22,24,38H,8-13,15-16H2,1-7H3/t20-,22-,24-,28-,29+,30+,31-/m0/s1. The van der Waals surface area contributed by atoms with E-state index in [0.29, 0.717) is 12.0 Å². The number of aliphatic hydroxyl groups is 1. The number of fused-ring (bicyclic) bond motifs is 7. The summed E-state index contributed by atoms with van der Waals surface area (Å²) in [6.45, 7) is 15.9. The van der Waals surface area contributed by atoms with Crippen LogP contribution in [-0.4, -0.2) is 31.1 Å². The van der Waals surface area contributed by atoms with Gasteiger partial charge in [0.05, 0.1) is 17.2 Å². The van der Waals surface area contributed by atoms with E-state index in [1.807, 2.05) is 10.8 Å². The Morgan fingerprint density at radius 3 is 2.42 bits per heavy atom. The van der Waals surface area contributed by atoms with Gasteiger partial charge in [-0.3, -0.25) is 4.79 Å². The molecule has 3 fully saturated rings. The van der Waals surface area contributed by atoms with Crippen molar-refractivity contribution in [2.45, 2.75) is 105 Å². The number of aromatic nitrogens is 4. The van der Waals surface area contributed by atoms with Crippen molar-refractivity contribution in [1.29, 1.82) is 5.26 Å². The third kappa shape index (κ3) is 2.95. The zero-order valence-corrected chi connectivity index (χ0v) is 24.1. The highest BCUT2D eigenvalue weighted by Crippen LogP contribution is 2.74. The number of hydrogen-bond donors (Lipinski definition) is 1. The highest BCUT2D eigenvalue weighted by atomic mass is 16.3. The number of ketones is 1. The van der Waals surface area contributed by atoms with Crippen molar-refractivity contribution in [2.75, 3.05) is 0 Å². The van der Waals surface area contributed by atoms with E-state index in [1.165, 1.54) is 5.57 Å². The lowest BCUT2D eigenvalue weighted by Crippen LogP contribution is -2.66. The van der Waals surface area contributed by atoms with Crippen LogP contribution in [0.15, 0.2) is 29.3 Å². The highest BCUT2D eigenvalue weighted by Gasteiger charge is 2.70. The predicted octanol–water partition coefficient (Wildman–Crippen LogP) is 6.31. The summed E-state index contributed by atoms with van der Waals surface area (Å²) in [5.41, 5.74) is 0.442. The summed E-state index contributed by atoms with van der Waals surface area (Å²) in [5, 5.41) is 33.5. The summed E-state index contributed by atoms with van der Waals surface area (Å²) in [5.74, 6) is 0.743. The van der Waals surface area contributed by atoms with Crippen LogP contribution in [0.2, 0.25) is 0 Å². The van der Waals surface area contributed by atoms with E-state index in [1.54, 1.807) is 6.33 Å². The molecule has 7 atom stereocenters. The molecule has 0 saturated heterocycles. The summed E-state index contributed by atoms with van der Waals surface area (Å²) in [6, 6.07) is 2.32. The van der Waals surface area contributed by atoms with Gasteiger partial charge in [-0.2, -0.15) is 5.26 Å². The van der Waals surface area contributed by atoms with E-state index in [2.05, 4.69) is 70.1 Å². The predicted molar refractivity (Wildman–Crippen MR) is 143 cm³/mol. The lowest BCUT2D eigenvalue weighted by Gasteiger charge is -2.69. The van der Waals surface area contributed by atoms with Crippen molar-refractivity contribution in [3.63, 3.8) is 0 Å². The quantitative estimate of drug-likeness (QED) is 0.468. The molecule has 7 nitrogen and oxygen atoms in total. The Hall–Kier alpha value is -2.49. The lowest BCUT2D eigenvalue weighted by atomic mass is 9.35. The van der Waals surface area contributed by atoms with Crippen LogP contribution in [0, 0.1) is 56.2 Å². The maximum Gasteiger partial charge on any atom is 0.159 e. The number of nitriles is 1. The van der Waals surface area contributed by atoms with E-state index in [4.69, 9.17) is 0 Å². The first-order valence-electron chi connectivity index (χ1n) is 14.5. The van der Waals surface area contributed by atoms with Gasteiger partial charge < -0.3 is 5.11 Å². The fourth-order valence-corrected chi connectivity index (χ4v) is 10.7. The largest absolute Gasteiger partial charge is 0.511 e. The summed E-state index contributed by atoms with van der Waals surface area (Å²) in [7, 11) is 0. The molecule has 0 unspecified atom stereocenters. The topological polar surface area (TPSA) is 105 Å². The van der Waals surface area contributed by atoms with E-state index < -0.39 is 5.41 Å². The maximum absolute atomic E-state index is 14.5. The molecule has 0 amide bonds. The molecule has 1 heterocycles. The zero-order chi connectivity index (χ0) is 27.5. The SMILES string of the molecule is CC1(C)CC[C@]2(n3cnnn3)CC[C@]3(C)[C@H](C(=O)C=C4[C@@]5(C)CC(C#N)=C(O)C(C)(C)[C@@H]5CC[C@]43C)[C@@H]2C1. The first-order valence-corrected chi connectivity index (χ1v) is 14.5. The molecule has 0 spiro atoms. The average Bonchev–Trinajstić information content (AvgIpc) is 3.38. The Labute approximate surface area is 226 Å². The number of tetrazole rings is 1. The van der Waals surface area contributed by atoms with Crippen molar-refractivity contribution in [3.05, 3.63) is 29.3 Å². The third-order valence-electron chi connectivity index (χ3n) is 12.9. The number of rotatable bonds is 1. The minimum atomic E-state index is -0.504. The second-order valence-electron chi connectivity index (χ2n) is 15.4. The van der Waals surface area contributed by atoms with Gasteiger partial charge in [0.25, 0.3) is 0 Å². The molecule has 3 saturated carbocycles. The monoisotopic (exact) mass is 517 g/mol. The van der Waals surface area contributed by atoms with E-state index in [0.717, 1.165) is 44.9 Å². The van der Waals surface area contributed by atoms with E-state index in [9.17, 15) is 15.2 Å². The Morgan fingerprint density at radius 2 is 1.76 bits per heavy atom. The van der Waals surface area contributed by atoms with Gasteiger partial charge in [0.2, 0.25) is 0 Å². The molecule has 6 rings (SSSR count). The zero-order valence-electron chi connectivity index (χ0n) is 24.1. The molecule has 0 bridgehead atoms. The second kappa shape index (κ2) is 7.58. The molecule has 5 aliphatic rings. The smallest absolute Gasteiger partial charge is 0.159 e. The fourth-order valence-electron chi connectivity index (χ4n) is 10.7. The Kier molecular flexibility index (Phi) is 5.14. The molecule has 0 aromatic carbocycles. The van der Waals surface area contributed by atoms with Gasteiger partial charge in [0.15, 0.2) is 5.78 Å². The molecule has 5 aliphatic carbocycles. The molecule has 38 heavy (non-hydrogen) atoms. The second-order valence-corrected chi connectivity index (χ2v) is 15.4.